The number of imidazole rings is 1. The number of halogens is 1. The molecule has 4 heterocycles. The number of hydrogen-bond acceptors (Lipinski definition) is 6. The van der Waals surface area contributed by atoms with Crippen molar-refractivity contribution in [2.45, 2.75) is 19.8 Å². The number of phenols is 1. The molecule has 0 saturated carbocycles. The van der Waals surface area contributed by atoms with E-state index in [4.69, 9.17) is 21.6 Å². The van der Waals surface area contributed by atoms with E-state index in [0.29, 0.717) is 33.1 Å². The van der Waals surface area contributed by atoms with Crippen LogP contribution in [0.2, 0.25) is 5.02 Å². The molecule has 2 N–H and O–H groups in total. The Morgan fingerprint density at radius 1 is 1.25 bits per heavy atom. The molecule has 1 spiro atoms. The average Bonchev–Trinajstić information content (AvgIpc) is 3.36. The van der Waals surface area contributed by atoms with Crippen molar-refractivity contribution >= 4 is 28.7 Å². The van der Waals surface area contributed by atoms with E-state index < -0.39 is 0 Å². The first-order valence-corrected chi connectivity index (χ1v) is 9.98. The number of benzene rings is 1. The zero-order chi connectivity index (χ0) is 19.5. The topological polar surface area (TPSA) is 79.1 Å². The summed E-state index contributed by atoms with van der Waals surface area (Å²) in [6.45, 7) is 6.11. The zero-order valence-corrected chi connectivity index (χ0v) is 16.8. The summed E-state index contributed by atoms with van der Waals surface area (Å²) in [6, 6.07) is 3.36. The molecule has 0 aliphatic carbocycles. The molecule has 2 fully saturated rings. The van der Waals surface area contributed by atoms with E-state index >= 15 is 0 Å². The van der Waals surface area contributed by atoms with E-state index in [-0.39, 0.29) is 5.75 Å². The number of fused-ring (bicyclic) bond motifs is 1. The third kappa shape index (κ3) is 2.72. The lowest BCUT2D eigenvalue weighted by molar-refractivity contribution is 0.369. The van der Waals surface area contributed by atoms with Gasteiger partial charge in [0.2, 0.25) is 0 Å². The van der Waals surface area contributed by atoms with E-state index in [0.717, 1.165) is 37.6 Å². The Hall–Kier alpha value is -2.38. The first-order valence-electron chi connectivity index (χ1n) is 9.60. The molecule has 5 rings (SSSR count). The van der Waals surface area contributed by atoms with Crippen molar-refractivity contribution in [2.24, 2.45) is 12.5 Å². The van der Waals surface area contributed by atoms with Crippen LogP contribution in [-0.4, -0.2) is 50.8 Å². The average molecular weight is 399 g/mol. The smallest absolute Gasteiger partial charge is 0.200 e. The molecule has 0 radical (unpaired) electrons. The van der Waals surface area contributed by atoms with Crippen LogP contribution in [0.25, 0.3) is 22.7 Å². The first kappa shape index (κ1) is 17.7. The van der Waals surface area contributed by atoms with Crippen LogP contribution in [0.15, 0.2) is 18.3 Å². The molecule has 2 aliphatic heterocycles. The Labute approximate surface area is 168 Å². The number of aryl methyl sites for hydroxylation is 2. The fourth-order valence-corrected chi connectivity index (χ4v) is 4.89. The Morgan fingerprint density at radius 2 is 2.11 bits per heavy atom. The predicted octanol–water partition coefficient (Wildman–Crippen LogP) is 2.89. The summed E-state index contributed by atoms with van der Waals surface area (Å²) < 4.78 is 1.87. The number of aromatic nitrogens is 4. The lowest BCUT2D eigenvalue weighted by Gasteiger charge is -2.23. The molecule has 1 aromatic carbocycles. The van der Waals surface area contributed by atoms with Gasteiger partial charge in [0, 0.05) is 37.1 Å². The molecule has 28 heavy (non-hydrogen) atoms. The minimum absolute atomic E-state index is 0.110. The highest BCUT2D eigenvalue weighted by atomic mass is 35.5. The van der Waals surface area contributed by atoms with Crippen LogP contribution in [0.3, 0.4) is 0 Å². The van der Waals surface area contributed by atoms with E-state index in [2.05, 4.69) is 15.2 Å². The van der Waals surface area contributed by atoms with Crippen LogP contribution in [0.4, 0.5) is 5.82 Å². The Morgan fingerprint density at radius 3 is 2.86 bits per heavy atom. The monoisotopic (exact) mass is 398 g/mol. The third-order valence-electron chi connectivity index (χ3n) is 6.17. The van der Waals surface area contributed by atoms with Crippen molar-refractivity contribution in [1.82, 2.24) is 24.8 Å². The lowest BCUT2D eigenvalue weighted by Crippen LogP contribution is -2.29. The highest BCUT2D eigenvalue weighted by molar-refractivity contribution is 6.31. The summed E-state index contributed by atoms with van der Waals surface area (Å²) in [5.74, 6) is 1.62. The van der Waals surface area contributed by atoms with Gasteiger partial charge in [-0.05, 0) is 44.0 Å². The number of hydrogen-bond donors (Lipinski definition) is 2. The highest BCUT2D eigenvalue weighted by Gasteiger charge is 2.40. The van der Waals surface area contributed by atoms with Crippen molar-refractivity contribution in [2.75, 3.05) is 31.1 Å². The van der Waals surface area contributed by atoms with Crippen LogP contribution in [0, 0.1) is 12.3 Å². The normalized spacial score (nSPS) is 22.0. The van der Waals surface area contributed by atoms with Crippen molar-refractivity contribution < 1.29 is 5.11 Å². The third-order valence-corrected chi connectivity index (χ3v) is 6.39. The second-order valence-electron chi connectivity index (χ2n) is 8.08. The summed E-state index contributed by atoms with van der Waals surface area (Å²) in [5, 5.41) is 14.4. The molecule has 8 heteroatoms. The number of anilines is 1. The number of nitrogens with zero attached hydrogens (tertiary/aromatic N) is 5. The Balaban J connectivity index is 1.54. The molecule has 2 saturated heterocycles. The molecule has 146 valence electrons. The second kappa shape index (κ2) is 6.32. The Bertz CT molecular complexity index is 1050. The van der Waals surface area contributed by atoms with Gasteiger partial charge in [-0.25, -0.2) is 15.0 Å². The molecule has 3 aromatic rings. The van der Waals surface area contributed by atoms with Gasteiger partial charge in [0.25, 0.3) is 0 Å². The predicted molar refractivity (Wildman–Crippen MR) is 110 cm³/mol. The molecule has 0 bridgehead atoms. The summed E-state index contributed by atoms with van der Waals surface area (Å²) >= 11 is 6.05. The van der Waals surface area contributed by atoms with Gasteiger partial charge < -0.3 is 19.9 Å². The summed E-state index contributed by atoms with van der Waals surface area (Å²) in [5.41, 5.74) is 3.18. The molecule has 1 atom stereocenters. The number of nitrogens with one attached hydrogen (secondary N) is 1. The van der Waals surface area contributed by atoms with Crippen LogP contribution in [0.5, 0.6) is 5.75 Å². The number of aromatic hydroxyl groups is 1. The second-order valence-corrected chi connectivity index (χ2v) is 8.52. The molecule has 2 aromatic heterocycles. The van der Waals surface area contributed by atoms with Gasteiger partial charge in [-0.3, -0.25) is 0 Å². The van der Waals surface area contributed by atoms with Crippen molar-refractivity contribution in [3.05, 3.63) is 28.9 Å². The van der Waals surface area contributed by atoms with Gasteiger partial charge in [-0.2, -0.15) is 0 Å². The fourth-order valence-electron chi connectivity index (χ4n) is 4.62. The molecule has 2 aliphatic rings. The highest BCUT2D eigenvalue weighted by Crippen LogP contribution is 2.38. The fraction of sp³-hybridized carbons (Fsp3) is 0.450. The van der Waals surface area contributed by atoms with Crippen molar-refractivity contribution in [3.8, 4) is 17.1 Å². The zero-order valence-electron chi connectivity index (χ0n) is 16.0. The van der Waals surface area contributed by atoms with Crippen LogP contribution >= 0.6 is 11.6 Å². The van der Waals surface area contributed by atoms with Gasteiger partial charge in [0.05, 0.1) is 11.8 Å². The number of phenolic OH excluding ortho intramolecular Hbond substituents is 1. The van der Waals surface area contributed by atoms with Gasteiger partial charge in [0.1, 0.15) is 17.4 Å². The minimum Gasteiger partial charge on any atom is -0.507 e. The Kier molecular flexibility index (Phi) is 4.00. The van der Waals surface area contributed by atoms with Crippen LogP contribution in [-0.2, 0) is 7.05 Å². The minimum atomic E-state index is 0.110. The van der Waals surface area contributed by atoms with Gasteiger partial charge in [-0.1, -0.05) is 11.6 Å². The van der Waals surface area contributed by atoms with E-state index in [1.165, 1.54) is 18.9 Å². The quantitative estimate of drug-likeness (QED) is 0.691. The SMILES string of the molecule is Cc1cc(Cl)cc(O)c1-c1nc2nc(N3CCC4(CCNC4)C3)cnc2n1C. The standard InChI is InChI=1S/C20H23ClN6O/c1-12-7-13(21)8-14(28)16(12)18-25-17-19(26(18)2)23-9-15(24-17)27-6-4-20(11-27)3-5-22-10-20/h7-9,22,28H,3-6,10-11H2,1-2H3. The molecule has 7 nitrogen and oxygen atoms in total. The summed E-state index contributed by atoms with van der Waals surface area (Å²) in [7, 11) is 1.89. The van der Waals surface area contributed by atoms with E-state index in [1.807, 2.05) is 30.8 Å². The van der Waals surface area contributed by atoms with Gasteiger partial charge in [-0.15, -0.1) is 0 Å². The van der Waals surface area contributed by atoms with Crippen molar-refractivity contribution in [3.63, 3.8) is 0 Å². The van der Waals surface area contributed by atoms with Gasteiger partial charge >= 0.3 is 0 Å². The lowest BCUT2D eigenvalue weighted by atomic mass is 9.87. The largest absolute Gasteiger partial charge is 0.507 e. The van der Waals surface area contributed by atoms with Crippen LogP contribution in [0.1, 0.15) is 18.4 Å². The molecule has 0 amide bonds. The molecule has 1 unspecified atom stereocenters. The maximum absolute atomic E-state index is 10.4. The van der Waals surface area contributed by atoms with E-state index in [9.17, 15) is 5.11 Å². The van der Waals surface area contributed by atoms with E-state index in [1.54, 1.807) is 0 Å². The van der Waals surface area contributed by atoms with Crippen LogP contribution < -0.4 is 10.2 Å². The summed E-state index contributed by atoms with van der Waals surface area (Å²) in [4.78, 5) is 16.5. The summed E-state index contributed by atoms with van der Waals surface area (Å²) in [6.07, 6.45) is 4.25. The molecular formula is C20H23ClN6O. The maximum Gasteiger partial charge on any atom is 0.200 e. The molecular weight excluding hydrogens is 376 g/mol. The van der Waals surface area contributed by atoms with Gasteiger partial charge in [0.15, 0.2) is 11.3 Å². The van der Waals surface area contributed by atoms with Crippen molar-refractivity contribution in [1.29, 1.82) is 0 Å². The maximum atomic E-state index is 10.4. The number of rotatable bonds is 2. The first-order chi connectivity index (χ1) is 13.5.